The molecule has 2 amide bonds. The van der Waals surface area contributed by atoms with Crippen LogP contribution >= 0.6 is 0 Å². The number of piperazine rings is 1. The van der Waals surface area contributed by atoms with Gasteiger partial charge in [0.1, 0.15) is 0 Å². The first-order valence-corrected chi connectivity index (χ1v) is 8.76. The van der Waals surface area contributed by atoms with E-state index in [4.69, 9.17) is 0 Å². The van der Waals surface area contributed by atoms with Gasteiger partial charge in [0.25, 0.3) is 0 Å². The molecule has 0 spiro atoms. The van der Waals surface area contributed by atoms with E-state index in [1.54, 1.807) is 0 Å². The van der Waals surface area contributed by atoms with Crippen molar-refractivity contribution >= 4 is 11.7 Å². The van der Waals surface area contributed by atoms with E-state index >= 15 is 0 Å². The van der Waals surface area contributed by atoms with Crippen molar-refractivity contribution in [3.63, 3.8) is 0 Å². The second kappa shape index (κ2) is 7.79. The van der Waals surface area contributed by atoms with E-state index in [1.807, 2.05) is 36.1 Å². The molecule has 5 heteroatoms. The highest BCUT2D eigenvalue weighted by Crippen LogP contribution is 2.16. The summed E-state index contributed by atoms with van der Waals surface area (Å²) < 4.78 is 0. The Bertz CT molecular complexity index is 520. The molecule has 0 aliphatic carbocycles. The van der Waals surface area contributed by atoms with E-state index in [9.17, 15) is 4.79 Å². The Kier molecular flexibility index (Phi) is 5.51. The molecule has 2 N–H and O–H groups in total. The van der Waals surface area contributed by atoms with E-state index in [0.717, 1.165) is 56.4 Å². The van der Waals surface area contributed by atoms with Crippen molar-refractivity contribution < 1.29 is 4.79 Å². The van der Waals surface area contributed by atoms with Crippen molar-refractivity contribution in [3.05, 3.63) is 29.8 Å². The number of urea groups is 1. The number of hydrogen-bond donors (Lipinski definition) is 2. The van der Waals surface area contributed by atoms with Crippen molar-refractivity contribution in [2.45, 2.75) is 19.8 Å². The molecule has 5 nitrogen and oxygen atoms in total. The van der Waals surface area contributed by atoms with Crippen LogP contribution in [0.4, 0.5) is 10.5 Å². The monoisotopic (exact) mass is 316 g/mol. The minimum absolute atomic E-state index is 0.0251. The fraction of sp³-hybridized carbons (Fsp3) is 0.611. The van der Waals surface area contributed by atoms with Gasteiger partial charge in [-0.3, -0.25) is 4.90 Å². The molecule has 126 valence electrons. The number of carbonyl (C=O) groups excluding carboxylic acids is 1. The number of amides is 2. The summed E-state index contributed by atoms with van der Waals surface area (Å²) in [6.07, 6.45) is 2.57. The molecule has 23 heavy (non-hydrogen) atoms. The van der Waals surface area contributed by atoms with Crippen LogP contribution < -0.4 is 10.6 Å². The topological polar surface area (TPSA) is 47.6 Å². The van der Waals surface area contributed by atoms with Gasteiger partial charge in [0.2, 0.25) is 0 Å². The molecule has 0 radical (unpaired) electrons. The fourth-order valence-electron chi connectivity index (χ4n) is 3.49. The maximum absolute atomic E-state index is 12.4. The van der Waals surface area contributed by atoms with Gasteiger partial charge < -0.3 is 15.5 Å². The minimum Gasteiger partial charge on any atom is -0.322 e. The SMILES string of the molecule is Cc1cccc(NC(=O)N2CCN(CC3CCNCC3)CC2)c1. The Morgan fingerprint density at radius 2 is 1.96 bits per heavy atom. The van der Waals surface area contributed by atoms with E-state index < -0.39 is 0 Å². The van der Waals surface area contributed by atoms with E-state index in [0.29, 0.717) is 0 Å². The lowest BCUT2D eigenvalue weighted by Gasteiger charge is -2.37. The van der Waals surface area contributed by atoms with Gasteiger partial charge in [0.15, 0.2) is 0 Å². The zero-order valence-electron chi connectivity index (χ0n) is 14.1. The first-order chi connectivity index (χ1) is 11.2. The first-order valence-electron chi connectivity index (χ1n) is 8.76. The maximum Gasteiger partial charge on any atom is 0.321 e. The van der Waals surface area contributed by atoms with Crippen molar-refractivity contribution in [1.29, 1.82) is 0 Å². The molecule has 2 fully saturated rings. The Balaban J connectivity index is 1.43. The number of carbonyl (C=O) groups is 1. The number of rotatable bonds is 3. The predicted molar refractivity (Wildman–Crippen MR) is 93.8 cm³/mol. The van der Waals surface area contributed by atoms with Crippen LogP contribution in [0, 0.1) is 12.8 Å². The molecule has 2 aliphatic rings. The van der Waals surface area contributed by atoms with Gasteiger partial charge in [0, 0.05) is 38.4 Å². The summed E-state index contributed by atoms with van der Waals surface area (Å²) in [5.74, 6) is 0.823. The van der Waals surface area contributed by atoms with Gasteiger partial charge in [-0.25, -0.2) is 4.79 Å². The summed E-state index contributed by atoms with van der Waals surface area (Å²) in [7, 11) is 0. The van der Waals surface area contributed by atoms with Gasteiger partial charge in [-0.15, -0.1) is 0 Å². The summed E-state index contributed by atoms with van der Waals surface area (Å²) in [5.41, 5.74) is 2.04. The summed E-state index contributed by atoms with van der Waals surface area (Å²) in [4.78, 5) is 16.8. The van der Waals surface area contributed by atoms with E-state index in [2.05, 4.69) is 15.5 Å². The number of nitrogens with one attached hydrogen (secondary N) is 2. The van der Waals surface area contributed by atoms with Crippen molar-refractivity contribution in [2.75, 3.05) is 51.1 Å². The smallest absolute Gasteiger partial charge is 0.321 e. The molecular formula is C18H28N4O. The highest BCUT2D eigenvalue weighted by molar-refractivity contribution is 5.89. The van der Waals surface area contributed by atoms with E-state index in [1.165, 1.54) is 19.4 Å². The molecular weight excluding hydrogens is 288 g/mol. The Hall–Kier alpha value is -1.59. The van der Waals surface area contributed by atoms with Crippen LogP contribution in [0.2, 0.25) is 0 Å². The normalized spacial score (nSPS) is 20.5. The molecule has 2 aliphatic heterocycles. The molecule has 0 atom stereocenters. The third-order valence-corrected chi connectivity index (χ3v) is 4.90. The molecule has 1 aromatic carbocycles. The lowest BCUT2D eigenvalue weighted by molar-refractivity contribution is 0.127. The number of nitrogens with zero attached hydrogens (tertiary/aromatic N) is 2. The number of anilines is 1. The van der Waals surface area contributed by atoms with Gasteiger partial charge in [-0.1, -0.05) is 12.1 Å². The summed E-state index contributed by atoms with van der Waals surface area (Å²) in [6, 6.07) is 7.98. The van der Waals surface area contributed by atoms with Gasteiger partial charge >= 0.3 is 6.03 Å². The quantitative estimate of drug-likeness (QED) is 0.898. The second-order valence-electron chi connectivity index (χ2n) is 6.78. The average molecular weight is 316 g/mol. The largest absolute Gasteiger partial charge is 0.322 e. The van der Waals surface area contributed by atoms with Crippen molar-refractivity contribution in [2.24, 2.45) is 5.92 Å². The van der Waals surface area contributed by atoms with Crippen LogP contribution in [0.15, 0.2) is 24.3 Å². The van der Waals surface area contributed by atoms with Crippen molar-refractivity contribution in [1.82, 2.24) is 15.1 Å². The van der Waals surface area contributed by atoms with Gasteiger partial charge in [0.05, 0.1) is 0 Å². The second-order valence-corrected chi connectivity index (χ2v) is 6.78. The maximum atomic E-state index is 12.4. The molecule has 0 unspecified atom stereocenters. The summed E-state index contributed by atoms with van der Waals surface area (Å²) in [6.45, 7) is 9.17. The number of hydrogen-bond acceptors (Lipinski definition) is 3. The average Bonchev–Trinajstić information content (AvgIpc) is 2.56. The first kappa shape index (κ1) is 16.3. The van der Waals surface area contributed by atoms with Crippen LogP contribution in [0.3, 0.4) is 0 Å². The van der Waals surface area contributed by atoms with Gasteiger partial charge in [-0.2, -0.15) is 0 Å². The predicted octanol–water partition coefficient (Wildman–Crippen LogP) is 2.14. The summed E-state index contributed by atoms with van der Waals surface area (Å²) >= 11 is 0. The Labute approximate surface area is 139 Å². The fourth-order valence-corrected chi connectivity index (χ4v) is 3.49. The molecule has 0 aromatic heterocycles. The minimum atomic E-state index is 0.0251. The third-order valence-electron chi connectivity index (χ3n) is 4.90. The molecule has 1 aromatic rings. The van der Waals surface area contributed by atoms with Crippen LogP contribution in [0.5, 0.6) is 0 Å². The van der Waals surface area contributed by atoms with Crippen molar-refractivity contribution in [3.8, 4) is 0 Å². The number of benzene rings is 1. The molecule has 2 saturated heterocycles. The lowest BCUT2D eigenvalue weighted by Crippen LogP contribution is -2.51. The van der Waals surface area contributed by atoms with Crippen LogP contribution in [-0.2, 0) is 0 Å². The molecule has 0 bridgehead atoms. The summed E-state index contributed by atoms with van der Waals surface area (Å²) in [5, 5.41) is 6.43. The standard InChI is InChI=1S/C18H28N4O/c1-15-3-2-4-17(13-15)20-18(23)22-11-9-21(10-12-22)14-16-5-7-19-8-6-16/h2-4,13,16,19H,5-12,14H2,1H3,(H,20,23). The Morgan fingerprint density at radius 3 is 2.65 bits per heavy atom. The Morgan fingerprint density at radius 1 is 1.22 bits per heavy atom. The zero-order chi connectivity index (χ0) is 16.1. The molecule has 2 heterocycles. The molecule has 0 saturated carbocycles. The molecule has 3 rings (SSSR count). The van der Waals surface area contributed by atoms with Crippen LogP contribution in [-0.4, -0.2) is 61.6 Å². The highest BCUT2D eigenvalue weighted by atomic mass is 16.2. The van der Waals surface area contributed by atoms with Crippen LogP contribution in [0.1, 0.15) is 18.4 Å². The number of piperidine rings is 1. The number of aryl methyl sites for hydroxylation is 1. The van der Waals surface area contributed by atoms with Gasteiger partial charge in [-0.05, 0) is 56.5 Å². The van der Waals surface area contributed by atoms with E-state index in [-0.39, 0.29) is 6.03 Å². The third kappa shape index (κ3) is 4.69. The zero-order valence-corrected chi connectivity index (χ0v) is 14.1. The highest BCUT2D eigenvalue weighted by Gasteiger charge is 2.23. The lowest BCUT2D eigenvalue weighted by atomic mass is 9.97. The van der Waals surface area contributed by atoms with Crippen LogP contribution in [0.25, 0.3) is 0 Å².